The summed E-state index contributed by atoms with van der Waals surface area (Å²) >= 11 is 0. The molecule has 0 unspecified atom stereocenters. The summed E-state index contributed by atoms with van der Waals surface area (Å²) in [6.07, 6.45) is 4.18. The van der Waals surface area contributed by atoms with E-state index in [0.717, 1.165) is 12.0 Å². The van der Waals surface area contributed by atoms with Gasteiger partial charge < -0.3 is 10.6 Å². The second-order valence-corrected chi connectivity index (χ2v) is 5.07. The van der Waals surface area contributed by atoms with Crippen LogP contribution in [0.25, 0.3) is 0 Å². The first-order valence-electron chi connectivity index (χ1n) is 7.15. The maximum Gasteiger partial charge on any atom is 0.255 e. The molecule has 2 aromatic rings. The number of pyridine rings is 1. The average molecular weight is 356 g/mol. The van der Waals surface area contributed by atoms with Gasteiger partial charge in [0.2, 0.25) is 0 Å². The predicted octanol–water partition coefficient (Wildman–Crippen LogP) is 2.88. The van der Waals surface area contributed by atoms with Crippen molar-refractivity contribution >= 4 is 30.7 Å². The Labute approximate surface area is 149 Å². The van der Waals surface area contributed by atoms with Crippen molar-refractivity contribution < 1.29 is 4.79 Å². The first-order valence-corrected chi connectivity index (χ1v) is 7.15. The highest BCUT2D eigenvalue weighted by Crippen LogP contribution is 2.08. The summed E-state index contributed by atoms with van der Waals surface area (Å²) in [5.41, 5.74) is 8.46. The molecule has 0 radical (unpaired) electrons. The van der Waals surface area contributed by atoms with Crippen molar-refractivity contribution in [1.29, 1.82) is 0 Å². The zero-order valence-electron chi connectivity index (χ0n) is 13.1. The number of rotatable bonds is 6. The fourth-order valence-electron chi connectivity index (χ4n) is 2.23. The van der Waals surface area contributed by atoms with Gasteiger partial charge in [-0.05, 0) is 30.5 Å². The minimum Gasteiger partial charge on any atom is -0.337 e. The minimum absolute atomic E-state index is 0. The highest BCUT2D eigenvalue weighted by Gasteiger charge is 2.15. The summed E-state index contributed by atoms with van der Waals surface area (Å²) in [6, 6.07) is 12.0. The third kappa shape index (κ3) is 6.57. The van der Waals surface area contributed by atoms with E-state index in [1.807, 2.05) is 31.2 Å². The van der Waals surface area contributed by atoms with Crippen molar-refractivity contribution in [3.05, 3.63) is 65.5 Å². The van der Waals surface area contributed by atoms with E-state index in [1.54, 1.807) is 17.3 Å². The Balaban J connectivity index is 0.00000242. The van der Waals surface area contributed by atoms with Crippen LogP contribution in [0.1, 0.15) is 21.5 Å². The van der Waals surface area contributed by atoms with Gasteiger partial charge in [-0.3, -0.25) is 9.78 Å². The van der Waals surface area contributed by atoms with E-state index in [9.17, 15) is 4.79 Å². The van der Waals surface area contributed by atoms with Gasteiger partial charge in [0, 0.05) is 32.0 Å². The third-order valence-electron chi connectivity index (χ3n) is 3.32. The number of aromatic nitrogens is 1. The molecule has 2 rings (SSSR count). The molecule has 0 bridgehead atoms. The molecule has 0 aliphatic rings. The van der Waals surface area contributed by atoms with E-state index in [2.05, 4.69) is 17.1 Å². The van der Waals surface area contributed by atoms with Crippen LogP contribution in [-0.4, -0.2) is 35.4 Å². The lowest BCUT2D eigenvalue weighted by Crippen LogP contribution is -2.37. The van der Waals surface area contributed by atoms with Crippen LogP contribution in [0.15, 0.2) is 48.8 Å². The van der Waals surface area contributed by atoms with Crippen molar-refractivity contribution in [1.82, 2.24) is 9.88 Å². The van der Waals surface area contributed by atoms with Crippen LogP contribution in [0.4, 0.5) is 0 Å². The number of benzene rings is 1. The Morgan fingerprint density at radius 3 is 2.43 bits per heavy atom. The molecule has 2 N–H and O–H groups in total. The summed E-state index contributed by atoms with van der Waals surface area (Å²) < 4.78 is 0. The van der Waals surface area contributed by atoms with Crippen molar-refractivity contribution in [2.45, 2.75) is 13.3 Å². The Kier molecular flexibility index (Phi) is 10.2. The number of halogens is 2. The third-order valence-corrected chi connectivity index (χ3v) is 3.32. The summed E-state index contributed by atoms with van der Waals surface area (Å²) in [5, 5.41) is 0. The monoisotopic (exact) mass is 355 g/mol. The maximum absolute atomic E-state index is 12.5. The molecule has 1 heterocycles. The summed E-state index contributed by atoms with van der Waals surface area (Å²) in [4.78, 5) is 18.4. The fourth-order valence-corrected chi connectivity index (χ4v) is 2.23. The second kappa shape index (κ2) is 11.0. The molecule has 0 fully saturated rings. The van der Waals surface area contributed by atoms with Crippen LogP contribution in [0.5, 0.6) is 0 Å². The van der Waals surface area contributed by atoms with Gasteiger partial charge in [0.05, 0.1) is 5.56 Å². The van der Waals surface area contributed by atoms with Gasteiger partial charge in [0.15, 0.2) is 0 Å². The van der Waals surface area contributed by atoms with Gasteiger partial charge in [-0.1, -0.05) is 30.3 Å². The highest BCUT2D eigenvalue weighted by atomic mass is 35.5. The molecule has 126 valence electrons. The molecule has 1 aromatic heterocycles. The number of amides is 1. The SMILES string of the molecule is Cc1cncc(C(=O)N(CCN)CCc2ccccc2)c1.Cl.Cl. The topological polar surface area (TPSA) is 59.2 Å². The molecule has 0 saturated heterocycles. The van der Waals surface area contributed by atoms with Crippen LogP contribution in [0, 0.1) is 6.92 Å². The van der Waals surface area contributed by atoms with Crippen LogP contribution < -0.4 is 5.73 Å². The molecule has 6 heteroatoms. The predicted molar refractivity (Wildman–Crippen MR) is 98.6 cm³/mol. The molecule has 0 aliphatic carbocycles. The summed E-state index contributed by atoms with van der Waals surface area (Å²) in [5.74, 6) is -0.00687. The lowest BCUT2D eigenvalue weighted by molar-refractivity contribution is 0.0761. The highest BCUT2D eigenvalue weighted by molar-refractivity contribution is 5.94. The van der Waals surface area contributed by atoms with Crippen LogP contribution >= 0.6 is 24.8 Å². The van der Waals surface area contributed by atoms with Gasteiger partial charge >= 0.3 is 0 Å². The Bertz CT molecular complexity index is 593. The zero-order chi connectivity index (χ0) is 15.1. The summed E-state index contributed by atoms with van der Waals surface area (Å²) in [7, 11) is 0. The first-order chi connectivity index (χ1) is 10.2. The number of nitrogens with two attached hydrogens (primary N) is 1. The van der Waals surface area contributed by atoms with Crippen molar-refractivity contribution in [2.75, 3.05) is 19.6 Å². The van der Waals surface area contributed by atoms with Gasteiger partial charge in [-0.25, -0.2) is 0 Å². The second-order valence-electron chi connectivity index (χ2n) is 5.07. The minimum atomic E-state index is -0.00687. The van der Waals surface area contributed by atoms with Crippen LogP contribution in [-0.2, 0) is 6.42 Å². The van der Waals surface area contributed by atoms with Crippen molar-refractivity contribution in [2.24, 2.45) is 5.73 Å². The number of hydrogen-bond acceptors (Lipinski definition) is 3. The largest absolute Gasteiger partial charge is 0.337 e. The number of carbonyl (C=O) groups excluding carboxylic acids is 1. The standard InChI is InChI=1S/C17H21N3O.2ClH/c1-14-11-16(13-19-12-14)17(21)20(10-8-18)9-7-15-5-3-2-4-6-15;;/h2-6,11-13H,7-10,18H2,1H3;2*1H. The molecule has 0 atom stereocenters. The van der Waals surface area contributed by atoms with Gasteiger partial charge in [-0.2, -0.15) is 0 Å². The van der Waals surface area contributed by atoms with Crippen LogP contribution in [0.2, 0.25) is 0 Å². The van der Waals surface area contributed by atoms with Crippen LogP contribution in [0.3, 0.4) is 0 Å². The van der Waals surface area contributed by atoms with E-state index in [-0.39, 0.29) is 30.7 Å². The number of carbonyl (C=O) groups is 1. The van der Waals surface area contributed by atoms with E-state index >= 15 is 0 Å². The lowest BCUT2D eigenvalue weighted by Gasteiger charge is -2.22. The quantitative estimate of drug-likeness (QED) is 0.866. The smallest absolute Gasteiger partial charge is 0.255 e. The Hall–Kier alpha value is -1.62. The summed E-state index contributed by atoms with van der Waals surface area (Å²) in [6.45, 7) is 3.61. The van der Waals surface area contributed by atoms with E-state index < -0.39 is 0 Å². The molecule has 23 heavy (non-hydrogen) atoms. The van der Waals surface area contributed by atoms with E-state index in [1.165, 1.54) is 5.56 Å². The average Bonchev–Trinajstić information content (AvgIpc) is 2.52. The van der Waals surface area contributed by atoms with Gasteiger partial charge in [0.1, 0.15) is 0 Å². The molecular formula is C17H23Cl2N3O. The van der Waals surface area contributed by atoms with E-state index in [0.29, 0.717) is 25.2 Å². The first kappa shape index (κ1) is 21.4. The van der Waals surface area contributed by atoms with Crippen molar-refractivity contribution in [3.8, 4) is 0 Å². The van der Waals surface area contributed by atoms with E-state index in [4.69, 9.17) is 5.73 Å². The molecule has 0 spiro atoms. The Morgan fingerprint density at radius 1 is 1.13 bits per heavy atom. The zero-order valence-corrected chi connectivity index (χ0v) is 14.8. The molecule has 0 saturated carbocycles. The molecule has 1 aromatic carbocycles. The van der Waals surface area contributed by atoms with Gasteiger partial charge in [-0.15, -0.1) is 24.8 Å². The van der Waals surface area contributed by atoms with Gasteiger partial charge in [0.25, 0.3) is 5.91 Å². The number of nitrogens with zero attached hydrogens (tertiary/aromatic N) is 2. The normalized spacial score (nSPS) is 9.48. The fraction of sp³-hybridized carbons (Fsp3) is 0.294. The maximum atomic E-state index is 12.5. The molecule has 1 amide bonds. The molecule has 4 nitrogen and oxygen atoms in total. The molecule has 0 aliphatic heterocycles. The Morgan fingerprint density at radius 2 is 1.83 bits per heavy atom. The number of aryl methyl sites for hydroxylation is 1. The van der Waals surface area contributed by atoms with Crippen molar-refractivity contribution in [3.63, 3.8) is 0 Å². The molecular weight excluding hydrogens is 333 g/mol. The number of hydrogen-bond donors (Lipinski definition) is 1. The lowest BCUT2D eigenvalue weighted by atomic mass is 10.1.